The lowest BCUT2D eigenvalue weighted by atomic mass is 10.2. The molecular weight excluding hydrogens is 344 g/mol. The number of esters is 1. The molecule has 1 N–H and O–H groups in total. The van der Waals surface area contributed by atoms with Gasteiger partial charge in [-0.25, -0.2) is 0 Å². The molecule has 0 aliphatic rings. The van der Waals surface area contributed by atoms with Gasteiger partial charge in [-0.2, -0.15) is 5.26 Å². The monoisotopic (exact) mass is 360 g/mol. The average Bonchev–Trinajstić information content (AvgIpc) is 3.08. The molecule has 1 heterocycles. The highest BCUT2D eigenvalue weighted by atomic mass is 32.2. The standard InChI is InChI=1S/C17H16N2O3S2/c1-12(17(21)19-14-5-2-4-13(8-14)9-18)22-16(20)11-23-10-15-6-3-7-24-15/h2-8,12H,10-11H2,1H3,(H,19,21)/t12-/m0/s1. The molecule has 0 aliphatic heterocycles. The fraction of sp³-hybridized carbons (Fsp3) is 0.235. The summed E-state index contributed by atoms with van der Waals surface area (Å²) in [6.07, 6.45) is -0.898. The Balaban J connectivity index is 1.76. The summed E-state index contributed by atoms with van der Waals surface area (Å²) in [5, 5.41) is 13.5. The quantitative estimate of drug-likeness (QED) is 0.765. The number of ether oxygens (including phenoxy) is 1. The second-order valence-corrected chi connectivity index (χ2v) is 6.90. The van der Waals surface area contributed by atoms with Crippen LogP contribution in [-0.2, 0) is 20.1 Å². The van der Waals surface area contributed by atoms with Crippen LogP contribution in [0.25, 0.3) is 0 Å². The number of carbonyl (C=O) groups is 2. The molecule has 0 fully saturated rings. The van der Waals surface area contributed by atoms with E-state index in [1.54, 1.807) is 35.6 Å². The highest BCUT2D eigenvalue weighted by Gasteiger charge is 2.18. The van der Waals surface area contributed by atoms with Crippen LogP contribution in [0.4, 0.5) is 5.69 Å². The normalized spacial score (nSPS) is 11.3. The molecule has 24 heavy (non-hydrogen) atoms. The van der Waals surface area contributed by atoms with Gasteiger partial charge in [-0.3, -0.25) is 9.59 Å². The number of anilines is 1. The molecule has 1 atom stereocenters. The maximum atomic E-state index is 12.0. The lowest BCUT2D eigenvalue weighted by molar-refractivity contribution is -0.150. The van der Waals surface area contributed by atoms with Crippen LogP contribution in [0.3, 0.4) is 0 Å². The van der Waals surface area contributed by atoms with E-state index in [-0.39, 0.29) is 5.75 Å². The van der Waals surface area contributed by atoms with Gasteiger partial charge in [0.1, 0.15) is 0 Å². The Morgan fingerprint density at radius 2 is 2.21 bits per heavy atom. The molecule has 0 spiro atoms. The molecule has 0 saturated carbocycles. The maximum Gasteiger partial charge on any atom is 0.316 e. The molecule has 1 aromatic carbocycles. The zero-order chi connectivity index (χ0) is 17.4. The Hall–Kier alpha value is -2.30. The third kappa shape index (κ3) is 5.72. The highest BCUT2D eigenvalue weighted by Crippen LogP contribution is 2.17. The summed E-state index contributed by atoms with van der Waals surface area (Å²) in [7, 11) is 0. The van der Waals surface area contributed by atoms with E-state index in [2.05, 4.69) is 5.32 Å². The number of thioether (sulfide) groups is 1. The molecule has 0 bridgehead atoms. The molecule has 0 aliphatic carbocycles. The van der Waals surface area contributed by atoms with Crippen LogP contribution in [0.1, 0.15) is 17.4 Å². The van der Waals surface area contributed by atoms with Gasteiger partial charge in [-0.15, -0.1) is 23.1 Å². The number of rotatable bonds is 7. The average molecular weight is 360 g/mol. The van der Waals surface area contributed by atoms with Crippen LogP contribution in [-0.4, -0.2) is 23.7 Å². The first-order chi connectivity index (χ1) is 11.6. The molecular formula is C17H16N2O3S2. The molecule has 1 aromatic heterocycles. The van der Waals surface area contributed by atoms with Crippen LogP contribution in [0, 0.1) is 11.3 Å². The van der Waals surface area contributed by atoms with E-state index in [0.29, 0.717) is 11.3 Å². The Labute approximate surface area is 148 Å². The largest absolute Gasteiger partial charge is 0.452 e. The summed E-state index contributed by atoms with van der Waals surface area (Å²) in [5.41, 5.74) is 0.941. The molecule has 0 radical (unpaired) electrons. The Morgan fingerprint density at radius 3 is 2.92 bits per heavy atom. The molecule has 5 nitrogen and oxygen atoms in total. The minimum atomic E-state index is -0.898. The van der Waals surface area contributed by atoms with Crippen molar-refractivity contribution in [1.82, 2.24) is 0 Å². The lowest BCUT2D eigenvalue weighted by Gasteiger charge is -2.13. The number of hydrogen-bond acceptors (Lipinski definition) is 6. The lowest BCUT2D eigenvalue weighted by Crippen LogP contribution is -2.30. The highest BCUT2D eigenvalue weighted by molar-refractivity contribution is 7.99. The van der Waals surface area contributed by atoms with E-state index in [1.165, 1.54) is 23.6 Å². The van der Waals surface area contributed by atoms with Crippen molar-refractivity contribution < 1.29 is 14.3 Å². The first-order valence-corrected chi connectivity index (χ1v) is 9.22. The minimum absolute atomic E-state index is 0.194. The molecule has 2 aromatic rings. The van der Waals surface area contributed by atoms with Crippen molar-refractivity contribution in [2.45, 2.75) is 18.8 Å². The van der Waals surface area contributed by atoms with Crippen molar-refractivity contribution in [2.24, 2.45) is 0 Å². The zero-order valence-corrected chi connectivity index (χ0v) is 14.7. The zero-order valence-electron chi connectivity index (χ0n) is 13.0. The van der Waals surface area contributed by atoms with Crippen LogP contribution in [0.2, 0.25) is 0 Å². The number of nitrogens with zero attached hydrogens (tertiary/aromatic N) is 1. The van der Waals surface area contributed by atoms with Crippen molar-refractivity contribution >= 4 is 40.7 Å². The second-order valence-electron chi connectivity index (χ2n) is 4.89. The molecule has 0 unspecified atom stereocenters. The summed E-state index contributed by atoms with van der Waals surface area (Å²) < 4.78 is 5.13. The first kappa shape index (κ1) is 18.0. The summed E-state index contributed by atoms with van der Waals surface area (Å²) in [4.78, 5) is 25.0. The molecule has 7 heteroatoms. The number of benzene rings is 1. The third-order valence-electron chi connectivity index (χ3n) is 2.98. The SMILES string of the molecule is C[C@H](OC(=O)CSCc1cccs1)C(=O)Nc1cccc(C#N)c1. The van der Waals surface area contributed by atoms with E-state index in [4.69, 9.17) is 10.00 Å². The van der Waals surface area contributed by atoms with E-state index in [0.717, 1.165) is 5.75 Å². The fourth-order valence-corrected chi connectivity index (χ4v) is 3.47. The first-order valence-electron chi connectivity index (χ1n) is 7.19. The Kier molecular flexibility index (Phi) is 6.85. The molecule has 1 amide bonds. The molecule has 0 saturated heterocycles. The van der Waals surface area contributed by atoms with Gasteiger partial charge in [-0.05, 0) is 36.6 Å². The third-order valence-corrected chi connectivity index (χ3v) is 5.00. The Morgan fingerprint density at radius 1 is 1.38 bits per heavy atom. The van der Waals surface area contributed by atoms with Crippen molar-refractivity contribution in [3.63, 3.8) is 0 Å². The van der Waals surface area contributed by atoms with Crippen LogP contribution < -0.4 is 5.32 Å². The van der Waals surface area contributed by atoms with Gasteiger partial charge >= 0.3 is 5.97 Å². The van der Waals surface area contributed by atoms with Crippen molar-refractivity contribution in [2.75, 3.05) is 11.1 Å². The number of amides is 1. The van der Waals surface area contributed by atoms with Crippen molar-refractivity contribution in [3.05, 3.63) is 52.2 Å². The van der Waals surface area contributed by atoms with Gasteiger partial charge in [0.2, 0.25) is 0 Å². The van der Waals surface area contributed by atoms with Gasteiger partial charge < -0.3 is 10.1 Å². The van der Waals surface area contributed by atoms with Crippen molar-refractivity contribution in [1.29, 1.82) is 5.26 Å². The van der Waals surface area contributed by atoms with Gasteiger partial charge in [-0.1, -0.05) is 12.1 Å². The van der Waals surface area contributed by atoms with Crippen molar-refractivity contribution in [3.8, 4) is 6.07 Å². The van der Waals surface area contributed by atoms with Crippen LogP contribution in [0.5, 0.6) is 0 Å². The number of carbonyl (C=O) groups excluding carboxylic acids is 2. The number of thiophene rings is 1. The van der Waals surface area contributed by atoms with Gasteiger partial charge in [0.25, 0.3) is 5.91 Å². The van der Waals surface area contributed by atoms with E-state index in [1.807, 2.05) is 23.6 Å². The van der Waals surface area contributed by atoms with E-state index >= 15 is 0 Å². The molecule has 124 valence electrons. The number of hydrogen-bond donors (Lipinski definition) is 1. The van der Waals surface area contributed by atoms with Gasteiger partial charge in [0.15, 0.2) is 6.10 Å². The summed E-state index contributed by atoms with van der Waals surface area (Å²) >= 11 is 3.09. The summed E-state index contributed by atoms with van der Waals surface area (Å²) in [5.74, 6) is 0.0833. The maximum absolute atomic E-state index is 12.0. The smallest absolute Gasteiger partial charge is 0.316 e. The minimum Gasteiger partial charge on any atom is -0.452 e. The van der Waals surface area contributed by atoms with E-state index in [9.17, 15) is 9.59 Å². The summed E-state index contributed by atoms with van der Waals surface area (Å²) in [6, 6.07) is 12.5. The van der Waals surface area contributed by atoms with E-state index < -0.39 is 18.0 Å². The predicted molar refractivity (Wildman–Crippen MR) is 95.8 cm³/mol. The second kappa shape index (κ2) is 9.11. The molecule has 2 rings (SSSR count). The summed E-state index contributed by atoms with van der Waals surface area (Å²) in [6.45, 7) is 1.52. The number of nitriles is 1. The van der Waals surface area contributed by atoms with Gasteiger partial charge in [0, 0.05) is 16.3 Å². The van der Waals surface area contributed by atoms with Crippen LogP contribution in [0.15, 0.2) is 41.8 Å². The van der Waals surface area contributed by atoms with Crippen LogP contribution >= 0.6 is 23.1 Å². The topological polar surface area (TPSA) is 79.2 Å². The van der Waals surface area contributed by atoms with Gasteiger partial charge in [0.05, 0.1) is 17.4 Å². The predicted octanol–water partition coefficient (Wildman–Crippen LogP) is 3.42. The number of nitrogens with one attached hydrogen (secondary N) is 1. The Bertz CT molecular complexity index is 739. The fourth-order valence-electron chi connectivity index (χ4n) is 1.82.